The lowest BCUT2D eigenvalue weighted by Crippen LogP contribution is -2.02. The molecule has 0 bridgehead atoms. The lowest BCUT2D eigenvalue weighted by Gasteiger charge is -2.10. The van der Waals surface area contributed by atoms with Crippen molar-refractivity contribution in [3.05, 3.63) is 39.2 Å². The Hall–Kier alpha value is -2.97. The number of hydrogen-bond donors (Lipinski definition) is 0. The molecule has 1 aromatic carbocycles. The van der Waals surface area contributed by atoms with Crippen molar-refractivity contribution in [3.63, 3.8) is 0 Å². The zero-order valence-electron chi connectivity index (χ0n) is 11.2. The number of methoxy groups -OCH3 is 1. The molecule has 0 aliphatic carbocycles. The molecule has 21 heavy (non-hydrogen) atoms. The maximum absolute atomic E-state index is 10.9. The van der Waals surface area contributed by atoms with Crippen LogP contribution in [0.25, 0.3) is 0 Å². The summed E-state index contributed by atoms with van der Waals surface area (Å²) >= 11 is 0. The molecule has 1 heterocycles. The van der Waals surface area contributed by atoms with E-state index in [1.54, 1.807) is 6.92 Å². The molecule has 0 atom stereocenters. The molecule has 1 aromatic heterocycles. The van der Waals surface area contributed by atoms with Gasteiger partial charge in [-0.15, -0.1) is 0 Å². The van der Waals surface area contributed by atoms with Crippen molar-refractivity contribution in [3.8, 4) is 11.5 Å². The van der Waals surface area contributed by atoms with Gasteiger partial charge < -0.3 is 9.47 Å². The van der Waals surface area contributed by atoms with Gasteiger partial charge in [0.1, 0.15) is 18.0 Å². The van der Waals surface area contributed by atoms with Crippen LogP contribution >= 0.6 is 0 Å². The number of carbonyl (C=O) groups excluding carboxylic acids is 1. The second kappa shape index (κ2) is 5.99. The third-order valence-electron chi connectivity index (χ3n) is 2.75. The SMILES string of the molecule is COc1cc(C=O)c([N+](=O)[O-])cc1OCc1nonc1C. The number of hydrogen-bond acceptors (Lipinski definition) is 8. The summed E-state index contributed by atoms with van der Waals surface area (Å²) in [7, 11) is 1.37. The van der Waals surface area contributed by atoms with Gasteiger partial charge in [-0.2, -0.15) is 0 Å². The Morgan fingerprint density at radius 1 is 1.38 bits per heavy atom. The van der Waals surface area contributed by atoms with E-state index in [0.717, 1.165) is 6.07 Å². The monoisotopic (exact) mass is 293 g/mol. The summed E-state index contributed by atoms with van der Waals surface area (Å²) in [6.45, 7) is 1.69. The van der Waals surface area contributed by atoms with Gasteiger partial charge in [-0.25, -0.2) is 4.63 Å². The molecule has 9 heteroatoms. The minimum atomic E-state index is -0.668. The molecule has 2 aromatic rings. The first-order valence-electron chi connectivity index (χ1n) is 5.79. The summed E-state index contributed by atoms with van der Waals surface area (Å²) < 4.78 is 15.0. The quantitative estimate of drug-likeness (QED) is 0.448. The van der Waals surface area contributed by atoms with Crippen LogP contribution in [-0.2, 0) is 6.61 Å². The number of nitro benzene ring substituents is 1. The molecule has 0 aliphatic heterocycles. The highest BCUT2D eigenvalue weighted by Gasteiger charge is 2.20. The Morgan fingerprint density at radius 3 is 2.67 bits per heavy atom. The van der Waals surface area contributed by atoms with Crippen molar-refractivity contribution in [2.45, 2.75) is 13.5 Å². The number of nitro groups is 1. The maximum Gasteiger partial charge on any atom is 0.283 e. The van der Waals surface area contributed by atoms with Gasteiger partial charge in [0.05, 0.1) is 23.7 Å². The van der Waals surface area contributed by atoms with Gasteiger partial charge in [0.2, 0.25) is 0 Å². The van der Waals surface area contributed by atoms with E-state index in [4.69, 9.17) is 9.47 Å². The second-order valence-electron chi connectivity index (χ2n) is 4.02. The largest absolute Gasteiger partial charge is 0.493 e. The van der Waals surface area contributed by atoms with Crippen LogP contribution in [0.5, 0.6) is 11.5 Å². The first-order valence-corrected chi connectivity index (χ1v) is 5.79. The van der Waals surface area contributed by atoms with E-state index in [1.165, 1.54) is 13.2 Å². The topological polar surface area (TPSA) is 118 Å². The molecule has 0 fully saturated rings. The van der Waals surface area contributed by atoms with Crippen molar-refractivity contribution in [1.29, 1.82) is 0 Å². The molecular formula is C12H11N3O6. The normalized spacial score (nSPS) is 10.2. The number of nitrogens with zero attached hydrogens (tertiary/aromatic N) is 3. The summed E-state index contributed by atoms with van der Waals surface area (Å²) in [6, 6.07) is 2.37. The van der Waals surface area contributed by atoms with E-state index in [-0.39, 0.29) is 29.4 Å². The predicted octanol–water partition coefficient (Wildman–Crippen LogP) is 1.69. The Kier molecular flexibility index (Phi) is 4.12. The van der Waals surface area contributed by atoms with E-state index in [2.05, 4.69) is 14.9 Å². The summed E-state index contributed by atoms with van der Waals surface area (Å²) in [5.74, 6) is 0.328. The van der Waals surface area contributed by atoms with Gasteiger partial charge >= 0.3 is 0 Å². The van der Waals surface area contributed by atoms with E-state index < -0.39 is 4.92 Å². The standard InChI is InChI=1S/C12H11N3O6/c1-7-9(14-21-13-7)6-20-12-4-10(15(17)18)8(5-16)3-11(12)19-2/h3-5H,6H2,1-2H3. The molecule has 0 amide bonds. The van der Waals surface area contributed by atoms with Gasteiger partial charge in [-0.05, 0) is 6.92 Å². The molecule has 0 saturated heterocycles. The van der Waals surface area contributed by atoms with Crippen LogP contribution in [0.15, 0.2) is 16.8 Å². The highest BCUT2D eigenvalue weighted by atomic mass is 16.6. The molecule has 9 nitrogen and oxygen atoms in total. The van der Waals surface area contributed by atoms with Gasteiger partial charge in [0.25, 0.3) is 5.69 Å². The predicted molar refractivity (Wildman–Crippen MR) is 68.4 cm³/mol. The zero-order chi connectivity index (χ0) is 15.4. The van der Waals surface area contributed by atoms with Crippen LogP contribution < -0.4 is 9.47 Å². The number of carbonyl (C=O) groups is 1. The first-order chi connectivity index (χ1) is 10.1. The Balaban J connectivity index is 2.33. The van der Waals surface area contributed by atoms with Gasteiger partial charge in [0, 0.05) is 6.07 Å². The third-order valence-corrected chi connectivity index (χ3v) is 2.75. The fourth-order valence-corrected chi connectivity index (χ4v) is 1.62. The number of aldehydes is 1. The van der Waals surface area contributed by atoms with Crippen LogP contribution in [0.4, 0.5) is 5.69 Å². The molecule has 0 spiro atoms. The summed E-state index contributed by atoms with van der Waals surface area (Å²) in [6.07, 6.45) is 0.385. The van der Waals surface area contributed by atoms with E-state index >= 15 is 0 Å². The van der Waals surface area contributed by atoms with Crippen LogP contribution in [0.1, 0.15) is 21.7 Å². The molecule has 0 radical (unpaired) electrons. The van der Waals surface area contributed by atoms with Crippen molar-refractivity contribution in [2.24, 2.45) is 0 Å². The van der Waals surface area contributed by atoms with Crippen molar-refractivity contribution < 1.29 is 23.8 Å². The summed E-state index contributed by atoms with van der Waals surface area (Å²) in [5, 5.41) is 18.2. The highest BCUT2D eigenvalue weighted by molar-refractivity contribution is 5.83. The van der Waals surface area contributed by atoms with Crippen LogP contribution in [0.2, 0.25) is 0 Å². The maximum atomic E-state index is 10.9. The fourth-order valence-electron chi connectivity index (χ4n) is 1.62. The van der Waals surface area contributed by atoms with Gasteiger partial charge in [0.15, 0.2) is 17.8 Å². The minimum absolute atomic E-state index is 0.00326. The highest BCUT2D eigenvalue weighted by Crippen LogP contribution is 2.34. The Bertz CT molecular complexity index is 682. The fraction of sp³-hybridized carbons (Fsp3) is 0.250. The molecule has 0 aliphatic rings. The summed E-state index contributed by atoms with van der Waals surface area (Å²) in [4.78, 5) is 21.1. The number of aryl methyl sites for hydroxylation is 1. The van der Waals surface area contributed by atoms with Crippen LogP contribution in [0, 0.1) is 17.0 Å². The van der Waals surface area contributed by atoms with E-state index in [0.29, 0.717) is 17.7 Å². The lowest BCUT2D eigenvalue weighted by molar-refractivity contribution is -0.385. The molecule has 0 unspecified atom stereocenters. The summed E-state index contributed by atoms with van der Waals surface area (Å²) in [5.41, 5.74) is 0.548. The molecule has 2 rings (SSSR count). The average Bonchev–Trinajstić information content (AvgIpc) is 2.89. The van der Waals surface area contributed by atoms with Gasteiger partial charge in [-0.3, -0.25) is 14.9 Å². The third kappa shape index (κ3) is 2.96. The van der Waals surface area contributed by atoms with Crippen LogP contribution in [-0.4, -0.2) is 28.6 Å². The number of benzene rings is 1. The van der Waals surface area contributed by atoms with E-state index in [9.17, 15) is 14.9 Å². The Labute approximate surface area is 118 Å². The lowest BCUT2D eigenvalue weighted by atomic mass is 10.1. The Morgan fingerprint density at radius 2 is 2.14 bits per heavy atom. The van der Waals surface area contributed by atoms with Crippen molar-refractivity contribution in [1.82, 2.24) is 10.3 Å². The average molecular weight is 293 g/mol. The molecular weight excluding hydrogens is 282 g/mol. The first kappa shape index (κ1) is 14.4. The minimum Gasteiger partial charge on any atom is -0.493 e. The van der Waals surface area contributed by atoms with Gasteiger partial charge in [-0.1, -0.05) is 10.3 Å². The molecule has 0 saturated carbocycles. The number of aromatic nitrogens is 2. The number of rotatable bonds is 6. The molecule has 110 valence electrons. The molecule has 0 N–H and O–H groups in total. The van der Waals surface area contributed by atoms with Crippen molar-refractivity contribution in [2.75, 3.05) is 7.11 Å². The second-order valence-corrected chi connectivity index (χ2v) is 4.02. The van der Waals surface area contributed by atoms with E-state index in [1.807, 2.05) is 0 Å². The zero-order valence-corrected chi connectivity index (χ0v) is 11.2. The smallest absolute Gasteiger partial charge is 0.283 e. The van der Waals surface area contributed by atoms with Crippen LogP contribution in [0.3, 0.4) is 0 Å². The van der Waals surface area contributed by atoms with Crippen molar-refractivity contribution >= 4 is 12.0 Å². The number of ether oxygens (including phenoxy) is 2.